The highest BCUT2D eigenvalue weighted by Gasteiger charge is 2.18. The Morgan fingerprint density at radius 2 is 2.07 bits per heavy atom. The van der Waals surface area contributed by atoms with Crippen LogP contribution in [0.3, 0.4) is 0 Å². The molecule has 1 rings (SSSR count). The van der Waals surface area contributed by atoms with Crippen molar-refractivity contribution in [2.75, 3.05) is 0 Å². The molecule has 1 N–H and O–H groups in total. The number of benzene rings is 1. The zero-order valence-corrected chi connectivity index (χ0v) is 7.77. The van der Waals surface area contributed by atoms with Gasteiger partial charge in [-0.3, -0.25) is 14.9 Å². The number of carbonyl (C=O) groups is 1. The molecule has 0 aliphatic heterocycles. The SMILES string of the molecule is Cc1cc([N+](=O)[O-])c(C)c(C=O)c1O. The standard InChI is InChI=1S/C9H9NO4/c1-5-3-8(10(13)14)6(2)7(4-11)9(5)12/h3-4,12H,1-2H3. The number of aldehydes is 1. The number of nitro benzene ring substituents is 1. The molecule has 0 amide bonds. The Kier molecular flexibility index (Phi) is 2.51. The first-order chi connectivity index (χ1) is 6.49. The van der Waals surface area contributed by atoms with Crippen LogP contribution in [-0.2, 0) is 0 Å². The van der Waals surface area contributed by atoms with Gasteiger partial charge < -0.3 is 5.11 Å². The maximum Gasteiger partial charge on any atom is 0.273 e. The van der Waals surface area contributed by atoms with E-state index in [-0.39, 0.29) is 22.6 Å². The van der Waals surface area contributed by atoms with Crippen molar-refractivity contribution in [3.8, 4) is 5.75 Å². The largest absolute Gasteiger partial charge is 0.507 e. The van der Waals surface area contributed by atoms with Crippen molar-refractivity contribution in [1.29, 1.82) is 0 Å². The van der Waals surface area contributed by atoms with E-state index in [9.17, 15) is 20.0 Å². The highest BCUT2D eigenvalue weighted by molar-refractivity contribution is 5.84. The molecule has 0 atom stereocenters. The molecule has 14 heavy (non-hydrogen) atoms. The van der Waals surface area contributed by atoms with E-state index in [0.717, 1.165) is 0 Å². The third kappa shape index (κ3) is 1.44. The summed E-state index contributed by atoms with van der Waals surface area (Å²) in [5.74, 6) is -0.192. The van der Waals surface area contributed by atoms with Crippen molar-refractivity contribution >= 4 is 12.0 Å². The third-order valence-corrected chi connectivity index (χ3v) is 2.08. The van der Waals surface area contributed by atoms with Crippen molar-refractivity contribution in [1.82, 2.24) is 0 Å². The Balaban J connectivity index is 3.58. The molecule has 0 saturated heterocycles. The fourth-order valence-corrected chi connectivity index (χ4v) is 1.24. The summed E-state index contributed by atoms with van der Waals surface area (Å²) >= 11 is 0. The molecule has 0 unspecified atom stereocenters. The molecule has 0 fully saturated rings. The van der Waals surface area contributed by atoms with Gasteiger partial charge in [-0.05, 0) is 19.4 Å². The van der Waals surface area contributed by atoms with Crippen molar-refractivity contribution in [2.45, 2.75) is 13.8 Å². The van der Waals surface area contributed by atoms with Crippen LogP contribution < -0.4 is 0 Å². The number of rotatable bonds is 2. The van der Waals surface area contributed by atoms with Crippen LogP contribution >= 0.6 is 0 Å². The van der Waals surface area contributed by atoms with Crippen molar-refractivity contribution < 1.29 is 14.8 Å². The van der Waals surface area contributed by atoms with Gasteiger partial charge in [0.1, 0.15) is 5.75 Å². The number of aryl methyl sites for hydroxylation is 1. The Labute approximate surface area is 80.1 Å². The molecule has 5 heteroatoms. The minimum Gasteiger partial charge on any atom is -0.507 e. The van der Waals surface area contributed by atoms with E-state index in [4.69, 9.17) is 0 Å². The van der Waals surface area contributed by atoms with Gasteiger partial charge in [-0.1, -0.05) is 0 Å². The summed E-state index contributed by atoms with van der Waals surface area (Å²) in [5.41, 5.74) is 0.344. The van der Waals surface area contributed by atoms with E-state index in [2.05, 4.69) is 0 Å². The van der Waals surface area contributed by atoms with E-state index in [1.54, 1.807) is 0 Å². The number of nitrogens with zero attached hydrogens (tertiary/aromatic N) is 1. The average molecular weight is 195 g/mol. The molecule has 5 nitrogen and oxygen atoms in total. The van der Waals surface area contributed by atoms with Gasteiger partial charge in [-0.15, -0.1) is 0 Å². The fraction of sp³-hybridized carbons (Fsp3) is 0.222. The summed E-state index contributed by atoms with van der Waals surface area (Å²) in [6, 6.07) is 1.25. The second kappa shape index (κ2) is 3.45. The number of aromatic hydroxyl groups is 1. The second-order valence-corrected chi connectivity index (χ2v) is 2.97. The van der Waals surface area contributed by atoms with E-state index < -0.39 is 4.92 Å². The lowest BCUT2D eigenvalue weighted by molar-refractivity contribution is -0.385. The van der Waals surface area contributed by atoms with Crippen LogP contribution in [0.5, 0.6) is 5.75 Å². The minimum absolute atomic E-state index is 0.0169. The van der Waals surface area contributed by atoms with Gasteiger partial charge in [0.25, 0.3) is 5.69 Å². The van der Waals surface area contributed by atoms with Crippen molar-refractivity contribution in [3.05, 3.63) is 32.9 Å². The molecule has 0 spiro atoms. The molecule has 0 radical (unpaired) electrons. The first-order valence-electron chi connectivity index (χ1n) is 3.91. The van der Waals surface area contributed by atoms with E-state index in [0.29, 0.717) is 11.8 Å². The first-order valence-corrected chi connectivity index (χ1v) is 3.91. The molecule has 0 aromatic heterocycles. The quantitative estimate of drug-likeness (QED) is 0.442. The number of hydrogen-bond acceptors (Lipinski definition) is 4. The summed E-state index contributed by atoms with van der Waals surface area (Å²) in [4.78, 5) is 20.6. The first kappa shape index (κ1) is 10.2. The summed E-state index contributed by atoms with van der Waals surface area (Å²) < 4.78 is 0. The molecular formula is C9H9NO4. The van der Waals surface area contributed by atoms with Gasteiger partial charge in [0.15, 0.2) is 6.29 Å². The lowest BCUT2D eigenvalue weighted by Crippen LogP contribution is -1.98. The van der Waals surface area contributed by atoms with Gasteiger partial charge in [-0.2, -0.15) is 0 Å². The van der Waals surface area contributed by atoms with Gasteiger partial charge in [0.2, 0.25) is 0 Å². The molecule has 0 aliphatic rings. The number of phenols is 1. The highest BCUT2D eigenvalue weighted by atomic mass is 16.6. The number of carbonyl (C=O) groups excluding carboxylic acids is 1. The Bertz CT molecular complexity index is 412. The zero-order valence-electron chi connectivity index (χ0n) is 7.77. The lowest BCUT2D eigenvalue weighted by Gasteiger charge is -2.05. The molecule has 0 aliphatic carbocycles. The van der Waals surface area contributed by atoms with E-state index in [1.807, 2.05) is 0 Å². The molecule has 74 valence electrons. The highest BCUT2D eigenvalue weighted by Crippen LogP contribution is 2.30. The van der Waals surface area contributed by atoms with Gasteiger partial charge >= 0.3 is 0 Å². The maximum absolute atomic E-state index is 10.6. The molecule has 1 aromatic rings. The van der Waals surface area contributed by atoms with Gasteiger partial charge in [0, 0.05) is 11.6 Å². The fourth-order valence-electron chi connectivity index (χ4n) is 1.24. The Morgan fingerprint density at radius 1 is 1.50 bits per heavy atom. The normalized spacial score (nSPS) is 9.86. The second-order valence-electron chi connectivity index (χ2n) is 2.97. The lowest BCUT2D eigenvalue weighted by atomic mass is 10.0. The monoisotopic (exact) mass is 195 g/mol. The van der Waals surface area contributed by atoms with Crippen molar-refractivity contribution in [2.24, 2.45) is 0 Å². The summed E-state index contributed by atoms with van der Waals surface area (Å²) in [6.07, 6.45) is 0.421. The summed E-state index contributed by atoms with van der Waals surface area (Å²) in [5, 5.41) is 20.0. The van der Waals surface area contributed by atoms with E-state index in [1.165, 1.54) is 19.9 Å². The molecular weight excluding hydrogens is 186 g/mol. The molecule has 0 bridgehead atoms. The van der Waals surface area contributed by atoms with Crippen LogP contribution in [-0.4, -0.2) is 16.3 Å². The van der Waals surface area contributed by atoms with Crippen molar-refractivity contribution in [3.63, 3.8) is 0 Å². The number of nitro groups is 1. The van der Waals surface area contributed by atoms with Crippen LogP contribution in [0.25, 0.3) is 0 Å². The van der Waals surface area contributed by atoms with Crippen LogP contribution in [0.15, 0.2) is 6.07 Å². The minimum atomic E-state index is -0.575. The predicted molar refractivity (Wildman–Crippen MR) is 49.6 cm³/mol. The zero-order chi connectivity index (χ0) is 10.9. The summed E-state index contributed by atoms with van der Waals surface area (Å²) in [7, 11) is 0. The third-order valence-electron chi connectivity index (χ3n) is 2.08. The molecule has 0 heterocycles. The van der Waals surface area contributed by atoms with Crippen LogP contribution in [0, 0.1) is 24.0 Å². The smallest absolute Gasteiger partial charge is 0.273 e. The maximum atomic E-state index is 10.6. The number of phenolic OH excluding ortho intramolecular Hbond substituents is 1. The predicted octanol–water partition coefficient (Wildman–Crippen LogP) is 1.73. The van der Waals surface area contributed by atoms with Crippen LogP contribution in [0.4, 0.5) is 5.69 Å². The van der Waals surface area contributed by atoms with Gasteiger partial charge in [0.05, 0.1) is 10.5 Å². The topological polar surface area (TPSA) is 80.4 Å². The molecule has 0 saturated carbocycles. The van der Waals surface area contributed by atoms with E-state index >= 15 is 0 Å². The van der Waals surface area contributed by atoms with Crippen LogP contribution in [0.1, 0.15) is 21.5 Å². The van der Waals surface area contributed by atoms with Crippen LogP contribution in [0.2, 0.25) is 0 Å². The molecule has 1 aromatic carbocycles. The Hall–Kier alpha value is -1.91. The average Bonchev–Trinajstić information content (AvgIpc) is 2.12. The van der Waals surface area contributed by atoms with Gasteiger partial charge in [-0.25, -0.2) is 0 Å². The number of hydrogen-bond donors (Lipinski definition) is 1. The Morgan fingerprint density at radius 3 is 2.50 bits per heavy atom. The summed E-state index contributed by atoms with van der Waals surface area (Å²) in [6.45, 7) is 2.94.